The van der Waals surface area contributed by atoms with E-state index in [-0.39, 0.29) is 0 Å². The lowest BCUT2D eigenvalue weighted by Crippen LogP contribution is -2.23. The molecule has 0 saturated carbocycles. The average molecular weight is 169 g/mol. The van der Waals surface area contributed by atoms with Crippen molar-refractivity contribution in [2.45, 2.75) is 38.8 Å². The number of likely N-dealkylation sites (N-methyl/N-ethyl adjacent to an activating group) is 1. The fourth-order valence-corrected chi connectivity index (χ4v) is 1.40. The van der Waals surface area contributed by atoms with Crippen LogP contribution in [0.3, 0.4) is 0 Å². The molecule has 1 N–H and O–H groups in total. The third kappa shape index (κ3) is 2.61. The summed E-state index contributed by atoms with van der Waals surface area (Å²) in [5.41, 5.74) is 1.38. The standard InChI is InChI=1S/C10H19NO/c1-8(9(2)11-3)7-10-5-4-6-12-10/h7,9-11H,4-6H2,1-3H3. The van der Waals surface area contributed by atoms with E-state index in [0.717, 1.165) is 6.61 Å². The van der Waals surface area contributed by atoms with E-state index >= 15 is 0 Å². The van der Waals surface area contributed by atoms with Gasteiger partial charge in [0, 0.05) is 12.6 Å². The Kier molecular flexibility index (Phi) is 3.76. The molecule has 0 aromatic heterocycles. The van der Waals surface area contributed by atoms with Crippen LogP contribution in [-0.2, 0) is 4.74 Å². The van der Waals surface area contributed by atoms with Gasteiger partial charge in [-0.05, 0) is 33.7 Å². The van der Waals surface area contributed by atoms with Crippen molar-refractivity contribution in [2.75, 3.05) is 13.7 Å². The molecule has 0 spiro atoms. The van der Waals surface area contributed by atoms with Gasteiger partial charge in [-0.1, -0.05) is 11.6 Å². The molecule has 2 nitrogen and oxygen atoms in total. The maximum atomic E-state index is 5.51. The Labute approximate surface area is 75.0 Å². The minimum Gasteiger partial charge on any atom is -0.374 e. The van der Waals surface area contributed by atoms with Gasteiger partial charge in [-0.3, -0.25) is 0 Å². The van der Waals surface area contributed by atoms with Crippen molar-refractivity contribution in [3.05, 3.63) is 11.6 Å². The summed E-state index contributed by atoms with van der Waals surface area (Å²) in [5, 5.41) is 3.21. The Hall–Kier alpha value is -0.340. The quantitative estimate of drug-likeness (QED) is 0.649. The predicted molar refractivity (Wildman–Crippen MR) is 51.3 cm³/mol. The van der Waals surface area contributed by atoms with E-state index in [4.69, 9.17) is 4.74 Å². The smallest absolute Gasteiger partial charge is 0.0759 e. The van der Waals surface area contributed by atoms with Crippen LogP contribution in [0, 0.1) is 0 Å². The first-order valence-electron chi connectivity index (χ1n) is 4.71. The summed E-state index contributed by atoms with van der Waals surface area (Å²) >= 11 is 0. The van der Waals surface area contributed by atoms with Crippen LogP contribution in [0.4, 0.5) is 0 Å². The first-order chi connectivity index (χ1) is 5.74. The van der Waals surface area contributed by atoms with Crippen LogP contribution in [0.5, 0.6) is 0 Å². The largest absolute Gasteiger partial charge is 0.374 e. The first kappa shape index (κ1) is 9.75. The predicted octanol–water partition coefficient (Wildman–Crippen LogP) is 1.72. The molecule has 0 bridgehead atoms. The van der Waals surface area contributed by atoms with Crippen LogP contribution in [0.25, 0.3) is 0 Å². The van der Waals surface area contributed by atoms with Crippen molar-refractivity contribution in [3.63, 3.8) is 0 Å². The lowest BCUT2D eigenvalue weighted by atomic mass is 10.1. The molecule has 1 aliphatic rings. The molecule has 0 aliphatic carbocycles. The molecule has 2 unspecified atom stereocenters. The van der Waals surface area contributed by atoms with Crippen LogP contribution in [0.1, 0.15) is 26.7 Å². The molecule has 2 atom stereocenters. The van der Waals surface area contributed by atoms with Crippen molar-refractivity contribution in [2.24, 2.45) is 0 Å². The number of hydrogen-bond acceptors (Lipinski definition) is 2. The summed E-state index contributed by atoms with van der Waals surface area (Å²) < 4.78 is 5.51. The number of ether oxygens (including phenoxy) is 1. The Bertz CT molecular complexity index is 159. The van der Waals surface area contributed by atoms with Crippen LogP contribution in [0.2, 0.25) is 0 Å². The van der Waals surface area contributed by atoms with Crippen LogP contribution >= 0.6 is 0 Å². The Balaban J connectivity index is 2.42. The van der Waals surface area contributed by atoms with Crippen LogP contribution < -0.4 is 5.32 Å². The average Bonchev–Trinajstić information content (AvgIpc) is 2.55. The zero-order valence-electron chi connectivity index (χ0n) is 8.26. The van der Waals surface area contributed by atoms with E-state index < -0.39 is 0 Å². The SMILES string of the molecule is CNC(C)C(C)=CC1CCCO1. The topological polar surface area (TPSA) is 21.3 Å². The lowest BCUT2D eigenvalue weighted by molar-refractivity contribution is 0.144. The number of rotatable bonds is 3. The zero-order valence-corrected chi connectivity index (χ0v) is 8.26. The van der Waals surface area contributed by atoms with Crippen LogP contribution in [-0.4, -0.2) is 25.8 Å². The molecule has 2 heteroatoms. The molecule has 0 radical (unpaired) electrons. The van der Waals surface area contributed by atoms with E-state index in [9.17, 15) is 0 Å². The highest BCUT2D eigenvalue weighted by atomic mass is 16.5. The summed E-state index contributed by atoms with van der Waals surface area (Å²) in [6.45, 7) is 5.26. The fourth-order valence-electron chi connectivity index (χ4n) is 1.40. The van der Waals surface area contributed by atoms with Gasteiger partial charge in [0.1, 0.15) is 0 Å². The molecular weight excluding hydrogens is 150 g/mol. The van der Waals surface area contributed by atoms with Gasteiger partial charge in [0.25, 0.3) is 0 Å². The fraction of sp³-hybridized carbons (Fsp3) is 0.800. The number of hydrogen-bond donors (Lipinski definition) is 1. The van der Waals surface area contributed by atoms with E-state index in [0.29, 0.717) is 12.1 Å². The van der Waals surface area contributed by atoms with Crippen LogP contribution in [0.15, 0.2) is 11.6 Å². The molecule has 1 saturated heterocycles. The molecule has 1 rings (SSSR count). The molecular formula is C10H19NO. The van der Waals surface area contributed by atoms with Crippen molar-refractivity contribution in [3.8, 4) is 0 Å². The summed E-state index contributed by atoms with van der Waals surface area (Å²) in [6, 6.07) is 0.467. The molecule has 12 heavy (non-hydrogen) atoms. The van der Waals surface area contributed by atoms with Gasteiger partial charge in [-0.25, -0.2) is 0 Å². The Morgan fingerprint density at radius 1 is 1.67 bits per heavy atom. The van der Waals surface area contributed by atoms with E-state index in [1.165, 1.54) is 18.4 Å². The van der Waals surface area contributed by atoms with Crippen molar-refractivity contribution < 1.29 is 4.74 Å². The van der Waals surface area contributed by atoms with Crippen molar-refractivity contribution >= 4 is 0 Å². The van der Waals surface area contributed by atoms with Crippen molar-refractivity contribution in [1.82, 2.24) is 5.32 Å². The highest BCUT2D eigenvalue weighted by molar-refractivity contribution is 5.09. The first-order valence-corrected chi connectivity index (χ1v) is 4.71. The van der Waals surface area contributed by atoms with E-state index in [1.807, 2.05) is 7.05 Å². The van der Waals surface area contributed by atoms with Gasteiger partial charge in [0.05, 0.1) is 6.10 Å². The van der Waals surface area contributed by atoms with Gasteiger partial charge in [0.15, 0.2) is 0 Å². The molecule has 70 valence electrons. The molecule has 0 amide bonds. The third-order valence-corrected chi connectivity index (χ3v) is 2.53. The monoisotopic (exact) mass is 169 g/mol. The van der Waals surface area contributed by atoms with Gasteiger partial charge >= 0.3 is 0 Å². The number of nitrogens with one attached hydrogen (secondary N) is 1. The summed E-state index contributed by atoms with van der Waals surface area (Å²) in [7, 11) is 1.98. The minimum absolute atomic E-state index is 0.376. The molecule has 1 heterocycles. The minimum atomic E-state index is 0.376. The normalized spacial score (nSPS) is 27.6. The summed E-state index contributed by atoms with van der Waals surface area (Å²) in [6.07, 6.45) is 5.02. The third-order valence-electron chi connectivity index (χ3n) is 2.53. The molecule has 1 aliphatic heterocycles. The summed E-state index contributed by atoms with van der Waals surface area (Å²) in [5.74, 6) is 0. The maximum absolute atomic E-state index is 5.51. The Morgan fingerprint density at radius 2 is 2.42 bits per heavy atom. The van der Waals surface area contributed by atoms with Gasteiger partial charge in [0.2, 0.25) is 0 Å². The van der Waals surface area contributed by atoms with Crippen molar-refractivity contribution in [1.29, 1.82) is 0 Å². The van der Waals surface area contributed by atoms with Gasteiger partial charge in [-0.15, -0.1) is 0 Å². The highest BCUT2D eigenvalue weighted by Gasteiger charge is 2.13. The maximum Gasteiger partial charge on any atom is 0.0759 e. The van der Waals surface area contributed by atoms with Gasteiger partial charge in [-0.2, -0.15) is 0 Å². The molecule has 0 aromatic carbocycles. The second-order valence-corrected chi connectivity index (χ2v) is 3.47. The van der Waals surface area contributed by atoms with E-state index in [1.54, 1.807) is 0 Å². The Morgan fingerprint density at radius 3 is 2.92 bits per heavy atom. The van der Waals surface area contributed by atoms with Gasteiger partial charge < -0.3 is 10.1 Å². The second-order valence-electron chi connectivity index (χ2n) is 3.47. The lowest BCUT2D eigenvalue weighted by Gasteiger charge is -2.12. The second kappa shape index (κ2) is 4.63. The molecule has 0 aromatic rings. The zero-order chi connectivity index (χ0) is 8.97. The highest BCUT2D eigenvalue weighted by Crippen LogP contribution is 2.15. The molecule has 1 fully saturated rings. The van der Waals surface area contributed by atoms with E-state index in [2.05, 4.69) is 25.2 Å². The summed E-state index contributed by atoms with van der Waals surface area (Å²) in [4.78, 5) is 0.